The molecule has 9 rings (SSSR count). The van der Waals surface area contributed by atoms with E-state index >= 15 is 0 Å². The molecule has 0 fully saturated rings. The van der Waals surface area contributed by atoms with Crippen molar-refractivity contribution in [1.29, 1.82) is 0 Å². The van der Waals surface area contributed by atoms with Crippen LogP contribution in [-0.2, 0) is 26.2 Å². The van der Waals surface area contributed by atoms with E-state index in [4.69, 9.17) is 9.97 Å². The first-order chi connectivity index (χ1) is 47.5. The summed E-state index contributed by atoms with van der Waals surface area (Å²) in [5.41, 5.74) is 16.8. The first-order valence-corrected chi connectivity index (χ1v) is 39.7. The van der Waals surface area contributed by atoms with Crippen molar-refractivity contribution in [2.75, 3.05) is 0 Å². The van der Waals surface area contributed by atoms with Gasteiger partial charge < -0.3 is 77.9 Å². The van der Waals surface area contributed by atoms with Gasteiger partial charge in [0, 0.05) is 119 Å². The molecule has 0 aliphatic carbocycles. The van der Waals surface area contributed by atoms with Crippen molar-refractivity contribution in [3.8, 4) is 44.5 Å². The average molecular weight is 1620 g/mol. The molecule has 7 aromatic rings. The topological polar surface area (TPSA) is 72.9 Å². The van der Waals surface area contributed by atoms with Crippen molar-refractivity contribution in [3.63, 3.8) is 0 Å². The zero-order valence-electron chi connectivity index (χ0n) is 62.2. The van der Waals surface area contributed by atoms with Crippen molar-refractivity contribution in [2.24, 2.45) is 0 Å². The number of aromatic nitrogens is 8. The van der Waals surface area contributed by atoms with Crippen LogP contribution in [0.4, 0.5) is 0 Å². The number of hydrogen-bond acceptors (Lipinski definition) is 2. The maximum Gasteiger partial charge on any atom is 0.169 e. The van der Waals surface area contributed by atoms with Crippen LogP contribution < -0.4 is 86.2 Å². The number of rotatable bonds is 48. The molecule has 7 aromatic heterocycles. The maximum atomic E-state index is 5.72. The first-order valence-electron chi connectivity index (χ1n) is 39.7. The van der Waals surface area contributed by atoms with Gasteiger partial charge in [0.25, 0.3) is 0 Å². The Kier molecular flexibility index (Phi) is 43.3. The minimum Gasteiger partial charge on any atom is -1.00 e. The second-order valence-electron chi connectivity index (χ2n) is 28.5. The number of halogens is 4. The summed E-state index contributed by atoms with van der Waals surface area (Å²) in [4.78, 5) is 19.5. The predicted molar refractivity (Wildman–Crippen MR) is 409 cm³/mol. The molecule has 2 aliphatic heterocycles. The van der Waals surface area contributed by atoms with Crippen LogP contribution in [-0.4, -0.2) is 19.9 Å². The Morgan fingerprint density at radius 1 is 0.220 bits per heavy atom. The SMILES string of the molecule is CCCCCCCCCCCC[n+]1ccc(-c2c3nc(c(-c4cc[n+](CCCCCCCCCCCC)cc4)c4ccc([nH]4)c(-c4cc[n+](CCCCCCCCCCCC)cc4)c4nc(c(-c5cc[n+](CCCCCCCCCCCC)cc5)c5ccc2[nH]5)C=C4)C=C3)cc1.[Br-].[Br-].[Br-].[Br-]. The molecule has 546 valence electrons. The van der Waals surface area contributed by atoms with Crippen LogP contribution >= 0.6 is 0 Å². The van der Waals surface area contributed by atoms with Crippen LogP contribution in [0.15, 0.2) is 122 Å². The second-order valence-corrected chi connectivity index (χ2v) is 28.5. The summed E-state index contributed by atoms with van der Waals surface area (Å²) < 4.78 is 9.51. The van der Waals surface area contributed by atoms with Crippen molar-refractivity contribution < 1.29 is 86.2 Å². The fourth-order valence-corrected chi connectivity index (χ4v) is 14.6. The van der Waals surface area contributed by atoms with Crippen molar-refractivity contribution >= 4 is 46.4 Å². The molecular weight excluding hydrogens is 1490 g/mol. The molecule has 0 saturated carbocycles. The molecule has 0 saturated heterocycles. The van der Waals surface area contributed by atoms with Crippen LogP contribution in [0.2, 0.25) is 0 Å². The molecule has 0 unspecified atom stereocenters. The van der Waals surface area contributed by atoms with Gasteiger partial charge in [-0.1, -0.05) is 233 Å². The largest absolute Gasteiger partial charge is 1.00 e. The van der Waals surface area contributed by atoms with E-state index in [2.05, 4.69) is 203 Å². The van der Waals surface area contributed by atoms with E-state index in [0.29, 0.717) is 0 Å². The number of fused-ring (bicyclic) bond motifs is 8. The number of hydrogen-bond donors (Lipinski definition) is 2. The number of nitrogens with one attached hydrogen (secondary N) is 2. The molecule has 0 spiro atoms. The molecule has 0 radical (unpaired) electrons. The van der Waals surface area contributed by atoms with Gasteiger partial charge in [-0.15, -0.1) is 0 Å². The predicted octanol–water partition coefficient (Wildman–Crippen LogP) is 12.2. The number of aromatic amines is 2. The fraction of sp³-hybridized carbons (Fsp3) is 0.545. The maximum absolute atomic E-state index is 5.72. The Labute approximate surface area is 647 Å². The van der Waals surface area contributed by atoms with E-state index < -0.39 is 0 Å². The summed E-state index contributed by atoms with van der Waals surface area (Å²) in [6.45, 7) is 13.3. The first kappa shape index (κ1) is 85.8. The Bertz CT molecular complexity index is 3110. The van der Waals surface area contributed by atoms with Crippen molar-refractivity contribution in [3.05, 3.63) is 145 Å². The van der Waals surface area contributed by atoms with Gasteiger partial charge in [-0.25, -0.2) is 28.2 Å². The number of H-pyrrole nitrogens is 2. The molecule has 9 heterocycles. The third-order valence-corrected chi connectivity index (χ3v) is 20.6. The smallest absolute Gasteiger partial charge is 0.169 e. The highest BCUT2D eigenvalue weighted by Crippen LogP contribution is 2.38. The highest BCUT2D eigenvalue weighted by molar-refractivity contribution is 5.99. The lowest BCUT2D eigenvalue weighted by atomic mass is 10.0. The van der Waals surface area contributed by atoms with E-state index in [1.165, 1.54) is 257 Å². The van der Waals surface area contributed by atoms with Crippen LogP contribution in [0.5, 0.6) is 0 Å². The third-order valence-electron chi connectivity index (χ3n) is 20.6. The molecule has 0 amide bonds. The van der Waals surface area contributed by atoms with Crippen LogP contribution in [0, 0.1) is 0 Å². The molecule has 8 nitrogen and oxygen atoms in total. The summed E-state index contributed by atoms with van der Waals surface area (Å²) >= 11 is 0. The van der Waals surface area contributed by atoms with Crippen molar-refractivity contribution in [2.45, 2.75) is 311 Å². The number of nitrogens with zero attached hydrogens (tertiary/aromatic N) is 6. The van der Waals surface area contributed by atoms with Gasteiger partial charge in [0.2, 0.25) is 0 Å². The normalized spacial score (nSPS) is 11.6. The highest BCUT2D eigenvalue weighted by Gasteiger charge is 2.21. The van der Waals surface area contributed by atoms with Gasteiger partial charge in [-0.3, -0.25) is 0 Å². The van der Waals surface area contributed by atoms with Gasteiger partial charge in [0.15, 0.2) is 49.6 Å². The molecule has 8 bridgehead atoms. The van der Waals surface area contributed by atoms with E-state index in [-0.39, 0.29) is 67.9 Å². The summed E-state index contributed by atoms with van der Waals surface area (Å²) in [7, 11) is 0. The molecule has 0 atom stereocenters. The minimum atomic E-state index is 0. The second kappa shape index (κ2) is 50.5. The molecular formula is C88H126Br4N8. The Morgan fingerprint density at radius 3 is 0.550 bits per heavy atom. The van der Waals surface area contributed by atoms with Crippen LogP contribution in [0.25, 0.3) is 90.9 Å². The quantitative estimate of drug-likeness (QED) is 0.0295. The van der Waals surface area contributed by atoms with E-state index in [0.717, 1.165) is 116 Å². The van der Waals surface area contributed by atoms with Crippen LogP contribution in [0.3, 0.4) is 0 Å². The molecule has 2 aliphatic rings. The lowest BCUT2D eigenvalue weighted by Gasteiger charge is -2.07. The summed E-state index contributed by atoms with van der Waals surface area (Å²) in [5.74, 6) is 0. The number of unbranched alkanes of at least 4 members (excludes halogenated alkanes) is 36. The standard InChI is InChI=1S/C88H125N8.4BrH/c1-5-9-13-17-21-25-29-33-37-41-61-93-65-53-73(54-66-93)85-77-45-47-79(89-77)86(74-55-67-94(68-56-74)62-42-38-34-30-26-22-18-14-10-6-2)81-49-51-83(91-81)88(76-59-71-96(72-60-76)64-44-40-36-32-28-24-20-16-12-8-4)84-52-50-82(92-84)87(80-48-46-78(85)90-80)75-57-69-95(70-58-75)63-43-39-35-31-27-23-19-15-11-7-3;;;;/h45-60,65-72H,5-44,61-64H2,1-4H3,(H,89,90,91,92);4*1H/q+3;;;;/p-3. The summed E-state index contributed by atoms with van der Waals surface area (Å²) in [5, 5.41) is 0. The zero-order valence-corrected chi connectivity index (χ0v) is 68.5. The molecule has 100 heavy (non-hydrogen) atoms. The fourth-order valence-electron chi connectivity index (χ4n) is 14.6. The lowest BCUT2D eigenvalue weighted by Crippen LogP contribution is -3.00. The van der Waals surface area contributed by atoms with E-state index in [1.54, 1.807) is 0 Å². The third kappa shape index (κ3) is 28.3. The summed E-state index contributed by atoms with van der Waals surface area (Å²) in [6, 6.07) is 27.6. The van der Waals surface area contributed by atoms with E-state index in [9.17, 15) is 0 Å². The number of aryl methyl sites for hydroxylation is 4. The summed E-state index contributed by atoms with van der Waals surface area (Å²) in [6.07, 6.45) is 80.9. The van der Waals surface area contributed by atoms with Gasteiger partial charge >= 0.3 is 0 Å². The average Bonchev–Trinajstić information content (AvgIpc) is 1.61. The highest BCUT2D eigenvalue weighted by atomic mass is 79.9. The Morgan fingerprint density at radius 2 is 0.380 bits per heavy atom. The minimum absolute atomic E-state index is 0. The van der Waals surface area contributed by atoms with Crippen molar-refractivity contribution in [1.82, 2.24) is 19.9 Å². The van der Waals surface area contributed by atoms with E-state index in [1.807, 2.05) is 0 Å². The lowest BCUT2D eigenvalue weighted by molar-refractivity contribution is -0.697. The van der Waals surface area contributed by atoms with Gasteiger partial charge in [-0.2, -0.15) is 0 Å². The monoisotopic (exact) mass is 1610 g/mol. The zero-order chi connectivity index (χ0) is 66.5. The van der Waals surface area contributed by atoms with Gasteiger partial charge in [0.1, 0.15) is 26.2 Å². The molecule has 0 aromatic carbocycles. The van der Waals surface area contributed by atoms with Gasteiger partial charge in [0.05, 0.1) is 22.8 Å². The molecule has 12 heteroatoms. The number of pyridine rings is 4. The Hall–Kier alpha value is -4.88. The van der Waals surface area contributed by atoms with Crippen LogP contribution in [0.1, 0.15) is 307 Å². The Balaban J connectivity index is 0.00000451. The van der Waals surface area contributed by atoms with Gasteiger partial charge in [-0.05, 0) is 96.5 Å². The molecule has 2 N–H and O–H groups in total.